The average Bonchev–Trinajstić information content (AvgIpc) is 3.00. The third-order valence-electron chi connectivity index (χ3n) is 6.74. The van der Waals surface area contributed by atoms with Crippen LogP contribution in [-0.2, 0) is 30.8 Å². The minimum Gasteiger partial charge on any atom is -0.497 e. The van der Waals surface area contributed by atoms with Gasteiger partial charge in [0.1, 0.15) is 23.7 Å². The van der Waals surface area contributed by atoms with E-state index in [0.717, 1.165) is 10.4 Å². The summed E-state index contributed by atoms with van der Waals surface area (Å²) in [5.74, 6) is -2.06. The van der Waals surface area contributed by atoms with Crippen molar-refractivity contribution in [2.24, 2.45) is 0 Å². The second-order valence-electron chi connectivity index (χ2n) is 9.34. The fourth-order valence-electron chi connectivity index (χ4n) is 4.58. The number of ether oxygens (including phenoxy) is 2. The number of nitrogens with zero attached hydrogens (tertiary/aromatic N) is 2. The van der Waals surface area contributed by atoms with Gasteiger partial charge >= 0.3 is 5.97 Å². The summed E-state index contributed by atoms with van der Waals surface area (Å²) in [7, 11) is -1.46. The van der Waals surface area contributed by atoms with Crippen LogP contribution in [0.3, 0.4) is 0 Å². The lowest BCUT2D eigenvalue weighted by molar-refractivity contribution is -0.145. The highest BCUT2D eigenvalue weighted by molar-refractivity contribution is 7.89. The molecule has 3 aromatic rings. The summed E-state index contributed by atoms with van der Waals surface area (Å²) in [5.41, 5.74) is 0.761. The van der Waals surface area contributed by atoms with Crippen molar-refractivity contribution in [3.63, 3.8) is 0 Å². The normalized spacial score (nSPS) is 16.5. The average molecular weight is 584 g/mol. The SMILES string of the molecule is COC(=O)[C@H](Cc1ccc(OC)cc1)NC(=O)[C@@H]1CN(C(=O)c2cccc(F)c2)CCN1S(=O)(=O)c1ccccc1. The summed E-state index contributed by atoms with van der Waals surface area (Å²) < 4.78 is 52.1. The molecule has 1 fully saturated rings. The van der Waals surface area contributed by atoms with Crippen LogP contribution in [0.25, 0.3) is 0 Å². The van der Waals surface area contributed by atoms with E-state index in [1.165, 1.54) is 49.5 Å². The molecule has 3 aromatic carbocycles. The van der Waals surface area contributed by atoms with Gasteiger partial charge in [-0.2, -0.15) is 4.31 Å². The predicted octanol–water partition coefficient (Wildman–Crippen LogP) is 2.25. The van der Waals surface area contributed by atoms with E-state index in [1.807, 2.05) is 0 Å². The van der Waals surface area contributed by atoms with Crippen LogP contribution >= 0.6 is 0 Å². The number of rotatable bonds is 9. The van der Waals surface area contributed by atoms with E-state index in [0.29, 0.717) is 11.3 Å². The zero-order valence-electron chi connectivity index (χ0n) is 22.5. The van der Waals surface area contributed by atoms with Crippen LogP contribution in [0.4, 0.5) is 4.39 Å². The summed E-state index contributed by atoms with van der Waals surface area (Å²) in [4.78, 5) is 40.8. The van der Waals surface area contributed by atoms with Crippen molar-refractivity contribution in [3.8, 4) is 5.75 Å². The molecule has 0 spiro atoms. The molecule has 0 unspecified atom stereocenters. The fourth-order valence-corrected chi connectivity index (χ4v) is 6.18. The lowest BCUT2D eigenvalue weighted by atomic mass is 10.0. The first kappa shape index (κ1) is 29.7. The Balaban J connectivity index is 1.63. The van der Waals surface area contributed by atoms with Crippen LogP contribution in [-0.4, -0.2) is 81.3 Å². The van der Waals surface area contributed by atoms with Gasteiger partial charge in [0.2, 0.25) is 15.9 Å². The van der Waals surface area contributed by atoms with E-state index in [1.54, 1.807) is 42.5 Å². The summed E-state index contributed by atoms with van der Waals surface area (Å²) in [5, 5.41) is 2.63. The highest BCUT2D eigenvalue weighted by Gasteiger charge is 2.42. The Morgan fingerprint density at radius 2 is 1.68 bits per heavy atom. The van der Waals surface area contributed by atoms with Crippen LogP contribution in [0, 0.1) is 5.82 Å². The van der Waals surface area contributed by atoms with Crippen LogP contribution in [0.5, 0.6) is 5.75 Å². The summed E-state index contributed by atoms with van der Waals surface area (Å²) in [6.45, 7) is -0.543. The number of sulfonamides is 1. The van der Waals surface area contributed by atoms with Crippen molar-refractivity contribution in [1.82, 2.24) is 14.5 Å². The number of benzene rings is 3. The monoisotopic (exact) mass is 583 g/mol. The van der Waals surface area contributed by atoms with Crippen molar-refractivity contribution >= 4 is 27.8 Å². The van der Waals surface area contributed by atoms with Crippen molar-refractivity contribution in [2.45, 2.75) is 23.4 Å². The van der Waals surface area contributed by atoms with Crippen LogP contribution in [0.15, 0.2) is 83.8 Å². The van der Waals surface area contributed by atoms with Crippen LogP contribution in [0.1, 0.15) is 15.9 Å². The molecule has 0 radical (unpaired) electrons. The number of methoxy groups -OCH3 is 2. The Morgan fingerprint density at radius 3 is 2.32 bits per heavy atom. The third kappa shape index (κ3) is 6.90. The molecule has 1 aliphatic rings. The van der Waals surface area contributed by atoms with Gasteiger partial charge in [0.05, 0.1) is 19.1 Å². The molecule has 1 saturated heterocycles. The van der Waals surface area contributed by atoms with Crippen molar-refractivity contribution in [2.75, 3.05) is 33.9 Å². The van der Waals surface area contributed by atoms with E-state index >= 15 is 0 Å². The molecule has 41 heavy (non-hydrogen) atoms. The molecule has 12 heteroatoms. The van der Waals surface area contributed by atoms with Gasteiger partial charge in [0, 0.05) is 31.6 Å². The minimum absolute atomic E-state index is 0.0227. The first-order valence-electron chi connectivity index (χ1n) is 12.8. The minimum atomic E-state index is -4.16. The number of nitrogens with one attached hydrogen (secondary N) is 1. The zero-order valence-corrected chi connectivity index (χ0v) is 23.3. The molecule has 0 bridgehead atoms. The standard InChI is InChI=1S/C29H30FN3O7S/c1-39-23-13-11-20(12-14-23)17-25(29(36)40-2)31-27(34)26-19-32(28(35)21-7-6-8-22(30)18-21)15-16-33(26)41(37,38)24-9-4-3-5-10-24/h3-14,18,25-26H,15-17,19H2,1-2H3,(H,31,34)/t25-,26-/m0/s1. The second kappa shape index (κ2) is 12.9. The highest BCUT2D eigenvalue weighted by Crippen LogP contribution is 2.23. The molecule has 1 heterocycles. The smallest absolute Gasteiger partial charge is 0.328 e. The maximum Gasteiger partial charge on any atom is 0.328 e. The number of carbonyl (C=O) groups excluding carboxylic acids is 3. The van der Waals surface area contributed by atoms with Gasteiger partial charge in [0.15, 0.2) is 0 Å². The Labute approximate surface area is 237 Å². The van der Waals surface area contributed by atoms with E-state index in [-0.39, 0.29) is 36.5 Å². The third-order valence-corrected chi connectivity index (χ3v) is 8.67. The Kier molecular flexibility index (Phi) is 9.35. The van der Waals surface area contributed by atoms with Crippen LogP contribution < -0.4 is 10.1 Å². The molecule has 2 atom stereocenters. The van der Waals surface area contributed by atoms with Gasteiger partial charge in [-0.3, -0.25) is 9.59 Å². The Bertz CT molecular complexity index is 1500. The van der Waals surface area contributed by atoms with Crippen molar-refractivity contribution in [3.05, 3.63) is 95.8 Å². The van der Waals surface area contributed by atoms with Gasteiger partial charge in [-0.15, -0.1) is 0 Å². The lowest BCUT2D eigenvalue weighted by Crippen LogP contribution is -2.62. The van der Waals surface area contributed by atoms with Gasteiger partial charge in [-0.1, -0.05) is 36.4 Å². The lowest BCUT2D eigenvalue weighted by Gasteiger charge is -2.40. The number of halogens is 1. The number of amides is 2. The molecular weight excluding hydrogens is 553 g/mol. The largest absolute Gasteiger partial charge is 0.497 e. The maximum atomic E-state index is 13.8. The molecule has 0 aliphatic carbocycles. The Hall–Kier alpha value is -4.29. The molecule has 216 valence electrons. The zero-order chi connectivity index (χ0) is 29.6. The predicted molar refractivity (Wildman–Crippen MR) is 147 cm³/mol. The van der Waals surface area contributed by atoms with E-state index in [4.69, 9.17) is 9.47 Å². The molecule has 1 aliphatic heterocycles. The van der Waals surface area contributed by atoms with E-state index < -0.39 is 45.7 Å². The molecule has 1 N–H and O–H groups in total. The maximum absolute atomic E-state index is 13.8. The fraction of sp³-hybridized carbons (Fsp3) is 0.276. The Morgan fingerprint density at radius 1 is 0.976 bits per heavy atom. The quantitative estimate of drug-likeness (QED) is 0.384. The van der Waals surface area contributed by atoms with Crippen LogP contribution in [0.2, 0.25) is 0 Å². The topological polar surface area (TPSA) is 122 Å². The van der Waals surface area contributed by atoms with Gasteiger partial charge in [-0.25, -0.2) is 17.6 Å². The molecule has 2 amide bonds. The number of hydrogen-bond donors (Lipinski definition) is 1. The molecule has 4 rings (SSSR count). The van der Waals surface area contributed by atoms with Gasteiger partial charge in [-0.05, 0) is 48.0 Å². The molecule has 0 aromatic heterocycles. The summed E-state index contributed by atoms with van der Waals surface area (Å²) in [6, 6.07) is 17.1. The number of esters is 1. The van der Waals surface area contributed by atoms with Gasteiger partial charge < -0.3 is 19.7 Å². The highest BCUT2D eigenvalue weighted by atomic mass is 32.2. The number of hydrogen-bond acceptors (Lipinski definition) is 7. The van der Waals surface area contributed by atoms with E-state index in [9.17, 15) is 27.2 Å². The summed E-state index contributed by atoms with van der Waals surface area (Å²) in [6.07, 6.45) is 0.0620. The summed E-state index contributed by atoms with van der Waals surface area (Å²) >= 11 is 0. The molecular formula is C29H30FN3O7S. The molecule has 10 nitrogen and oxygen atoms in total. The number of piperazine rings is 1. The molecule has 0 saturated carbocycles. The second-order valence-corrected chi connectivity index (χ2v) is 11.2. The first-order valence-corrected chi connectivity index (χ1v) is 14.2. The van der Waals surface area contributed by atoms with Crippen molar-refractivity contribution in [1.29, 1.82) is 0 Å². The number of carbonyl (C=O) groups is 3. The van der Waals surface area contributed by atoms with E-state index in [2.05, 4.69) is 5.32 Å². The first-order chi connectivity index (χ1) is 19.6. The van der Waals surface area contributed by atoms with Gasteiger partial charge in [0.25, 0.3) is 5.91 Å². The van der Waals surface area contributed by atoms with Crippen molar-refractivity contribution < 1.29 is 36.7 Å².